The Hall–Kier alpha value is -1.32. The van der Waals surface area contributed by atoms with Gasteiger partial charge in [0.1, 0.15) is 0 Å². The number of nitrogens with one attached hydrogen (secondary N) is 1. The van der Waals surface area contributed by atoms with E-state index in [0.717, 1.165) is 19.5 Å². The number of carbonyl (C=O) groups is 2. The van der Waals surface area contributed by atoms with Gasteiger partial charge in [-0.2, -0.15) is 0 Å². The van der Waals surface area contributed by atoms with E-state index in [2.05, 4.69) is 18.8 Å². The molecule has 1 aliphatic heterocycles. The summed E-state index contributed by atoms with van der Waals surface area (Å²) in [4.78, 5) is 24.6. The molecule has 0 saturated carbocycles. The van der Waals surface area contributed by atoms with Crippen LogP contribution in [0.25, 0.3) is 0 Å². The van der Waals surface area contributed by atoms with Crippen LogP contribution in [-0.2, 0) is 9.59 Å². The van der Waals surface area contributed by atoms with Crippen molar-refractivity contribution >= 4 is 11.8 Å². The second kappa shape index (κ2) is 5.68. The summed E-state index contributed by atoms with van der Waals surface area (Å²) in [6.45, 7) is 8.83. The predicted molar refractivity (Wildman–Crippen MR) is 62.8 cm³/mol. The van der Waals surface area contributed by atoms with Crippen LogP contribution in [0.2, 0.25) is 0 Å². The number of hydrogen-bond donors (Lipinski definition) is 1. The van der Waals surface area contributed by atoms with Crippen LogP contribution in [0.5, 0.6) is 0 Å². The van der Waals surface area contributed by atoms with Crippen LogP contribution in [0.15, 0.2) is 12.7 Å². The summed E-state index contributed by atoms with van der Waals surface area (Å²) in [7, 11) is 0. The minimum Gasteiger partial charge on any atom is -0.349 e. The molecule has 4 nitrogen and oxygen atoms in total. The second-order valence-electron chi connectivity index (χ2n) is 4.28. The maximum absolute atomic E-state index is 11.5. The zero-order valence-corrected chi connectivity index (χ0v) is 10.0. The summed E-state index contributed by atoms with van der Waals surface area (Å²) in [6.07, 6.45) is 2.67. The van der Waals surface area contributed by atoms with Crippen molar-refractivity contribution < 1.29 is 9.59 Å². The normalized spacial score (nSPS) is 25.0. The third-order valence-electron chi connectivity index (χ3n) is 3.07. The van der Waals surface area contributed by atoms with Gasteiger partial charge in [-0.15, -0.1) is 0 Å². The summed E-state index contributed by atoms with van der Waals surface area (Å²) >= 11 is 0. The van der Waals surface area contributed by atoms with Crippen LogP contribution in [0.3, 0.4) is 0 Å². The Morgan fingerprint density at radius 1 is 1.56 bits per heavy atom. The quantitative estimate of drug-likeness (QED) is 0.725. The average Bonchev–Trinajstić information content (AvgIpc) is 2.30. The number of piperidine rings is 1. The van der Waals surface area contributed by atoms with Crippen LogP contribution < -0.4 is 5.32 Å². The number of nitrogens with zero attached hydrogens (tertiary/aromatic N) is 1. The lowest BCUT2D eigenvalue weighted by atomic mass is 9.93. The third kappa shape index (κ3) is 3.08. The van der Waals surface area contributed by atoms with Crippen molar-refractivity contribution in [1.29, 1.82) is 0 Å². The van der Waals surface area contributed by atoms with Gasteiger partial charge in [0.2, 0.25) is 11.8 Å². The molecule has 0 radical (unpaired) electrons. The minimum atomic E-state index is -0.132. The van der Waals surface area contributed by atoms with E-state index in [4.69, 9.17) is 0 Å². The summed E-state index contributed by atoms with van der Waals surface area (Å²) in [5.41, 5.74) is 0. The van der Waals surface area contributed by atoms with E-state index in [9.17, 15) is 9.59 Å². The SMILES string of the molecule is C=CC(=O)NC1CCN(C(=O)CC)CC1C. The monoisotopic (exact) mass is 224 g/mol. The second-order valence-corrected chi connectivity index (χ2v) is 4.28. The molecule has 2 atom stereocenters. The van der Waals surface area contributed by atoms with Crippen LogP contribution in [0.4, 0.5) is 0 Å². The predicted octanol–water partition coefficient (Wildman–Crippen LogP) is 0.936. The molecule has 4 heteroatoms. The Morgan fingerprint density at radius 2 is 2.25 bits per heavy atom. The Labute approximate surface area is 96.7 Å². The molecule has 1 saturated heterocycles. The first kappa shape index (κ1) is 12.7. The van der Waals surface area contributed by atoms with E-state index in [1.165, 1.54) is 6.08 Å². The molecular weight excluding hydrogens is 204 g/mol. The van der Waals surface area contributed by atoms with Gasteiger partial charge in [-0.05, 0) is 18.4 Å². The van der Waals surface area contributed by atoms with Crippen molar-refractivity contribution in [2.45, 2.75) is 32.7 Å². The van der Waals surface area contributed by atoms with Gasteiger partial charge in [0.15, 0.2) is 0 Å². The molecule has 16 heavy (non-hydrogen) atoms. The van der Waals surface area contributed by atoms with Crippen LogP contribution in [0.1, 0.15) is 26.7 Å². The fraction of sp³-hybridized carbons (Fsp3) is 0.667. The van der Waals surface area contributed by atoms with Gasteiger partial charge < -0.3 is 10.2 Å². The van der Waals surface area contributed by atoms with E-state index < -0.39 is 0 Å². The lowest BCUT2D eigenvalue weighted by molar-refractivity contribution is -0.133. The summed E-state index contributed by atoms with van der Waals surface area (Å²) < 4.78 is 0. The van der Waals surface area contributed by atoms with Crippen molar-refractivity contribution in [2.24, 2.45) is 5.92 Å². The van der Waals surface area contributed by atoms with Crippen LogP contribution in [0, 0.1) is 5.92 Å². The van der Waals surface area contributed by atoms with Gasteiger partial charge >= 0.3 is 0 Å². The maximum Gasteiger partial charge on any atom is 0.243 e. The molecule has 0 aromatic carbocycles. The highest BCUT2D eigenvalue weighted by molar-refractivity contribution is 5.87. The summed E-state index contributed by atoms with van der Waals surface area (Å²) in [5, 5.41) is 2.90. The van der Waals surface area contributed by atoms with Crippen LogP contribution in [-0.4, -0.2) is 35.8 Å². The average molecular weight is 224 g/mol. The van der Waals surface area contributed by atoms with Gasteiger partial charge in [-0.3, -0.25) is 9.59 Å². The topological polar surface area (TPSA) is 49.4 Å². The van der Waals surface area contributed by atoms with E-state index in [-0.39, 0.29) is 17.9 Å². The molecule has 0 bridgehead atoms. The number of likely N-dealkylation sites (tertiary alicyclic amines) is 1. The first-order valence-corrected chi connectivity index (χ1v) is 5.79. The molecule has 0 aliphatic carbocycles. The van der Waals surface area contributed by atoms with Crippen LogP contribution >= 0.6 is 0 Å². The highest BCUT2D eigenvalue weighted by Crippen LogP contribution is 2.17. The number of rotatable bonds is 3. The number of hydrogen-bond acceptors (Lipinski definition) is 2. The van der Waals surface area contributed by atoms with Gasteiger partial charge in [-0.1, -0.05) is 20.4 Å². The molecular formula is C12H20N2O2. The third-order valence-corrected chi connectivity index (χ3v) is 3.07. The van der Waals surface area contributed by atoms with Gasteiger partial charge in [0.25, 0.3) is 0 Å². The summed E-state index contributed by atoms with van der Waals surface area (Å²) in [6, 6.07) is 0.159. The van der Waals surface area contributed by atoms with Crippen molar-refractivity contribution in [3.05, 3.63) is 12.7 Å². The first-order chi connectivity index (χ1) is 7.58. The molecule has 1 fully saturated rings. The number of amides is 2. The summed E-state index contributed by atoms with van der Waals surface area (Å²) in [5.74, 6) is 0.362. The zero-order valence-electron chi connectivity index (χ0n) is 10.0. The van der Waals surface area contributed by atoms with Crippen molar-refractivity contribution in [1.82, 2.24) is 10.2 Å². The molecule has 1 rings (SSSR count). The Morgan fingerprint density at radius 3 is 2.75 bits per heavy atom. The standard InChI is InChI=1S/C12H20N2O2/c1-4-11(15)13-10-6-7-14(8-9(10)3)12(16)5-2/h4,9-10H,1,5-8H2,2-3H3,(H,13,15). The van der Waals surface area contributed by atoms with Gasteiger partial charge in [0.05, 0.1) is 0 Å². The van der Waals surface area contributed by atoms with Gasteiger partial charge in [-0.25, -0.2) is 0 Å². The lowest BCUT2D eigenvalue weighted by Crippen LogP contribution is -2.51. The highest BCUT2D eigenvalue weighted by atomic mass is 16.2. The van der Waals surface area contributed by atoms with Crippen molar-refractivity contribution in [2.75, 3.05) is 13.1 Å². The maximum atomic E-state index is 11.5. The fourth-order valence-corrected chi connectivity index (χ4v) is 2.05. The molecule has 1 heterocycles. The van der Waals surface area contributed by atoms with Gasteiger partial charge in [0, 0.05) is 25.6 Å². The lowest BCUT2D eigenvalue weighted by Gasteiger charge is -2.37. The smallest absolute Gasteiger partial charge is 0.243 e. The Bertz CT molecular complexity index is 289. The fourth-order valence-electron chi connectivity index (χ4n) is 2.05. The van der Waals surface area contributed by atoms with Crippen molar-refractivity contribution in [3.8, 4) is 0 Å². The number of carbonyl (C=O) groups excluding carboxylic acids is 2. The van der Waals surface area contributed by atoms with E-state index in [0.29, 0.717) is 12.3 Å². The van der Waals surface area contributed by atoms with Crippen molar-refractivity contribution in [3.63, 3.8) is 0 Å². The molecule has 1 N–H and O–H groups in total. The zero-order chi connectivity index (χ0) is 12.1. The first-order valence-electron chi connectivity index (χ1n) is 5.79. The van der Waals surface area contributed by atoms with E-state index in [1.54, 1.807) is 0 Å². The minimum absolute atomic E-state index is 0.132. The molecule has 0 spiro atoms. The Kier molecular flexibility index (Phi) is 4.52. The molecule has 2 unspecified atom stereocenters. The largest absolute Gasteiger partial charge is 0.349 e. The highest BCUT2D eigenvalue weighted by Gasteiger charge is 2.28. The molecule has 0 aromatic rings. The molecule has 90 valence electrons. The Balaban J connectivity index is 2.48. The molecule has 2 amide bonds. The molecule has 0 aromatic heterocycles. The molecule has 1 aliphatic rings. The van der Waals surface area contributed by atoms with E-state index in [1.807, 2.05) is 11.8 Å². The van der Waals surface area contributed by atoms with E-state index >= 15 is 0 Å².